The molecule has 1 N–H and O–H groups in total. The number of nitrogens with one attached hydrogen (secondary N) is 1. The fourth-order valence-corrected chi connectivity index (χ4v) is 2.73. The molecule has 0 saturated heterocycles. The lowest BCUT2D eigenvalue weighted by Crippen LogP contribution is -2.25. The topological polar surface area (TPSA) is 24.9 Å². The minimum Gasteiger partial charge on any atom is -0.308 e. The summed E-state index contributed by atoms with van der Waals surface area (Å²) < 4.78 is 0. The van der Waals surface area contributed by atoms with Crippen LogP contribution in [0.5, 0.6) is 0 Å². The van der Waals surface area contributed by atoms with Crippen LogP contribution in [0.15, 0.2) is 66.7 Å². The lowest BCUT2D eigenvalue weighted by atomic mass is 10.0. The van der Waals surface area contributed by atoms with Gasteiger partial charge in [0, 0.05) is 5.39 Å². The van der Waals surface area contributed by atoms with Crippen LogP contribution in [0.1, 0.15) is 30.6 Å². The number of nitrogens with zero attached hydrogens (tertiary/aromatic N) is 1. The molecule has 0 saturated carbocycles. The SMILES string of the molecule is CCCNC(Cc1ccccc1)c1ccc2ccccc2n1. The first-order valence-electron chi connectivity index (χ1n) is 8.00. The van der Waals surface area contributed by atoms with Gasteiger partial charge in [0.25, 0.3) is 0 Å². The molecule has 0 aliphatic rings. The van der Waals surface area contributed by atoms with E-state index in [1.54, 1.807) is 0 Å². The summed E-state index contributed by atoms with van der Waals surface area (Å²) in [6.07, 6.45) is 2.09. The zero-order chi connectivity index (χ0) is 15.2. The summed E-state index contributed by atoms with van der Waals surface area (Å²) in [5.74, 6) is 0. The zero-order valence-corrected chi connectivity index (χ0v) is 13.0. The van der Waals surface area contributed by atoms with Gasteiger partial charge in [0.1, 0.15) is 0 Å². The maximum Gasteiger partial charge on any atom is 0.0706 e. The van der Waals surface area contributed by atoms with E-state index in [4.69, 9.17) is 4.98 Å². The van der Waals surface area contributed by atoms with Crippen LogP contribution in [0.25, 0.3) is 10.9 Å². The number of hydrogen-bond acceptors (Lipinski definition) is 2. The van der Waals surface area contributed by atoms with Crippen molar-refractivity contribution in [2.45, 2.75) is 25.8 Å². The number of aromatic nitrogens is 1. The van der Waals surface area contributed by atoms with Crippen LogP contribution in [-0.2, 0) is 6.42 Å². The highest BCUT2D eigenvalue weighted by atomic mass is 14.9. The molecule has 0 amide bonds. The van der Waals surface area contributed by atoms with Gasteiger partial charge >= 0.3 is 0 Å². The Morgan fingerprint density at radius 1 is 0.909 bits per heavy atom. The molecule has 112 valence electrons. The zero-order valence-electron chi connectivity index (χ0n) is 13.0. The minimum atomic E-state index is 0.256. The molecule has 1 heterocycles. The third-order valence-corrected chi connectivity index (χ3v) is 3.90. The molecular formula is C20H22N2. The molecule has 2 nitrogen and oxygen atoms in total. The molecule has 1 aromatic heterocycles. The molecule has 0 radical (unpaired) electrons. The van der Waals surface area contributed by atoms with E-state index in [0.717, 1.165) is 30.6 Å². The number of para-hydroxylation sites is 1. The van der Waals surface area contributed by atoms with Crippen molar-refractivity contribution in [2.24, 2.45) is 0 Å². The summed E-state index contributed by atoms with van der Waals surface area (Å²) in [7, 11) is 0. The van der Waals surface area contributed by atoms with Crippen molar-refractivity contribution in [1.82, 2.24) is 10.3 Å². The van der Waals surface area contributed by atoms with E-state index in [0.29, 0.717) is 0 Å². The second-order valence-corrected chi connectivity index (χ2v) is 5.63. The van der Waals surface area contributed by atoms with E-state index in [2.05, 4.69) is 72.9 Å². The molecular weight excluding hydrogens is 268 g/mol. The number of rotatable bonds is 6. The highest BCUT2D eigenvalue weighted by molar-refractivity contribution is 5.78. The smallest absolute Gasteiger partial charge is 0.0706 e. The quantitative estimate of drug-likeness (QED) is 0.722. The summed E-state index contributed by atoms with van der Waals surface area (Å²) >= 11 is 0. The van der Waals surface area contributed by atoms with E-state index in [1.165, 1.54) is 10.9 Å². The van der Waals surface area contributed by atoms with Crippen LogP contribution >= 0.6 is 0 Å². The van der Waals surface area contributed by atoms with Crippen molar-refractivity contribution in [2.75, 3.05) is 6.54 Å². The normalized spacial score (nSPS) is 12.4. The molecule has 1 unspecified atom stereocenters. The summed E-state index contributed by atoms with van der Waals surface area (Å²) in [6, 6.07) is 23.5. The fourth-order valence-electron chi connectivity index (χ4n) is 2.73. The van der Waals surface area contributed by atoms with Gasteiger partial charge in [-0.25, -0.2) is 0 Å². The summed E-state index contributed by atoms with van der Waals surface area (Å²) in [5.41, 5.74) is 3.53. The molecule has 2 heteroatoms. The third-order valence-electron chi connectivity index (χ3n) is 3.90. The Hall–Kier alpha value is -2.19. The number of benzene rings is 2. The molecule has 0 aliphatic carbocycles. The van der Waals surface area contributed by atoms with Gasteiger partial charge in [-0.15, -0.1) is 0 Å². The molecule has 0 aliphatic heterocycles. The van der Waals surface area contributed by atoms with Crippen LogP contribution in [0.2, 0.25) is 0 Å². The molecule has 0 spiro atoms. The first kappa shape index (κ1) is 14.7. The molecule has 3 rings (SSSR count). The second-order valence-electron chi connectivity index (χ2n) is 5.63. The average Bonchev–Trinajstić information content (AvgIpc) is 2.59. The first-order valence-corrected chi connectivity index (χ1v) is 8.00. The van der Waals surface area contributed by atoms with Crippen molar-refractivity contribution in [3.8, 4) is 0 Å². The largest absolute Gasteiger partial charge is 0.308 e. The maximum atomic E-state index is 4.86. The molecule has 3 aromatic rings. The Morgan fingerprint density at radius 3 is 2.50 bits per heavy atom. The predicted octanol–water partition coefficient (Wildman–Crippen LogP) is 4.52. The van der Waals surface area contributed by atoms with Gasteiger partial charge in [0.2, 0.25) is 0 Å². The van der Waals surface area contributed by atoms with E-state index < -0.39 is 0 Å². The maximum absolute atomic E-state index is 4.86. The Balaban J connectivity index is 1.89. The molecule has 1 atom stereocenters. The standard InChI is InChI=1S/C20H22N2/c1-2-14-21-20(15-16-8-4-3-5-9-16)19-13-12-17-10-6-7-11-18(17)22-19/h3-13,20-21H,2,14-15H2,1H3. The van der Waals surface area contributed by atoms with E-state index in [9.17, 15) is 0 Å². The molecule has 2 aromatic carbocycles. The lowest BCUT2D eigenvalue weighted by molar-refractivity contribution is 0.519. The summed E-state index contributed by atoms with van der Waals surface area (Å²) in [6.45, 7) is 3.20. The van der Waals surface area contributed by atoms with E-state index >= 15 is 0 Å². The van der Waals surface area contributed by atoms with Crippen molar-refractivity contribution in [3.05, 3.63) is 78.0 Å². The van der Waals surface area contributed by atoms with Crippen molar-refractivity contribution in [1.29, 1.82) is 0 Å². The van der Waals surface area contributed by atoms with E-state index in [1.807, 2.05) is 6.07 Å². The predicted molar refractivity (Wildman–Crippen MR) is 92.9 cm³/mol. The van der Waals surface area contributed by atoms with Crippen molar-refractivity contribution >= 4 is 10.9 Å². The number of pyridine rings is 1. The highest BCUT2D eigenvalue weighted by Crippen LogP contribution is 2.20. The van der Waals surface area contributed by atoms with Gasteiger partial charge in [-0.1, -0.05) is 61.5 Å². The van der Waals surface area contributed by atoms with Crippen LogP contribution in [0, 0.1) is 0 Å². The van der Waals surface area contributed by atoms with Crippen molar-refractivity contribution < 1.29 is 0 Å². The van der Waals surface area contributed by atoms with Crippen LogP contribution in [0.3, 0.4) is 0 Å². The van der Waals surface area contributed by atoms with Crippen LogP contribution < -0.4 is 5.32 Å². The summed E-state index contributed by atoms with van der Waals surface area (Å²) in [4.78, 5) is 4.86. The Morgan fingerprint density at radius 2 is 1.68 bits per heavy atom. The Labute approximate surface area is 132 Å². The lowest BCUT2D eigenvalue weighted by Gasteiger charge is -2.18. The average molecular weight is 290 g/mol. The first-order chi connectivity index (χ1) is 10.9. The van der Waals surface area contributed by atoms with Crippen LogP contribution in [0.4, 0.5) is 0 Å². The summed E-state index contributed by atoms with van der Waals surface area (Å²) in [5, 5.41) is 4.83. The van der Waals surface area contributed by atoms with Gasteiger partial charge in [-0.05, 0) is 37.1 Å². The molecule has 22 heavy (non-hydrogen) atoms. The van der Waals surface area contributed by atoms with Gasteiger partial charge in [0.15, 0.2) is 0 Å². The van der Waals surface area contributed by atoms with Crippen LogP contribution in [-0.4, -0.2) is 11.5 Å². The minimum absolute atomic E-state index is 0.256. The fraction of sp³-hybridized carbons (Fsp3) is 0.250. The Bertz CT molecular complexity index is 722. The van der Waals surface area contributed by atoms with Gasteiger partial charge < -0.3 is 5.32 Å². The number of hydrogen-bond donors (Lipinski definition) is 1. The molecule has 0 bridgehead atoms. The monoisotopic (exact) mass is 290 g/mol. The highest BCUT2D eigenvalue weighted by Gasteiger charge is 2.13. The van der Waals surface area contributed by atoms with Gasteiger partial charge in [-0.2, -0.15) is 0 Å². The van der Waals surface area contributed by atoms with Gasteiger partial charge in [0.05, 0.1) is 17.3 Å². The van der Waals surface area contributed by atoms with Gasteiger partial charge in [-0.3, -0.25) is 4.98 Å². The van der Waals surface area contributed by atoms with E-state index in [-0.39, 0.29) is 6.04 Å². The number of fused-ring (bicyclic) bond motifs is 1. The second kappa shape index (κ2) is 7.19. The molecule has 0 fully saturated rings. The third kappa shape index (κ3) is 3.52. The van der Waals surface area contributed by atoms with Crippen molar-refractivity contribution in [3.63, 3.8) is 0 Å². The Kier molecular flexibility index (Phi) is 4.81.